The molecule has 12 heteroatoms. The highest BCUT2D eigenvalue weighted by Gasteiger charge is 2.33. The molecule has 0 fully saturated rings. The van der Waals surface area contributed by atoms with Crippen molar-refractivity contribution in [3.63, 3.8) is 0 Å². The summed E-state index contributed by atoms with van der Waals surface area (Å²) in [5.74, 6) is -0.317. The topological polar surface area (TPSA) is 110 Å². The van der Waals surface area contributed by atoms with E-state index in [2.05, 4.69) is 15.1 Å². The molecule has 0 saturated heterocycles. The van der Waals surface area contributed by atoms with Crippen LogP contribution >= 0.6 is 0 Å². The molecule has 1 amide bonds. The average molecular weight is 404 g/mol. The highest BCUT2D eigenvalue weighted by molar-refractivity contribution is 7.89. The number of sulfonamides is 1. The summed E-state index contributed by atoms with van der Waals surface area (Å²) in [4.78, 5) is 22.4. The van der Waals surface area contributed by atoms with Crippen LogP contribution in [0, 0.1) is 0 Å². The lowest BCUT2D eigenvalue weighted by atomic mass is 10.3. The Balaban J connectivity index is 2.06. The number of benzene rings is 1. The zero-order chi connectivity index (χ0) is 20.2. The maximum atomic E-state index is 12.6. The first-order valence-electron chi connectivity index (χ1n) is 7.52. The molecule has 0 spiro atoms. The molecule has 2 rings (SSSR count). The van der Waals surface area contributed by atoms with Crippen molar-refractivity contribution >= 4 is 21.6 Å². The molecule has 27 heavy (non-hydrogen) atoms. The summed E-state index contributed by atoms with van der Waals surface area (Å²) in [7, 11) is -3.96. The summed E-state index contributed by atoms with van der Waals surface area (Å²) < 4.78 is 65.0. The molecule has 0 bridgehead atoms. The third-order valence-electron chi connectivity index (χ3n) is 3.26. The van der Waals surface area contributed by atoms with Crippen LogP contribution in [0.2, 0.25) is 0 Å². The van der Waals surface area contributed by atoms with Gasteiger partial charge in [-0.15, -0.1) is 0 Å². The molecule has 8 nitrogen and oxygen atoms in total. The zero-order valence-corrected chi connectivity index (χ0v) is 14.8. The van der Waals surface area contributed by atoms with E-state index in [4.69, 9.17) is 0 Å². The summed E-state index contributed by atoms with van der Waals surface area (Å²) >= 11 is 0. The second-order valence-corrected chi connectivity index (χ2v) is 7.15. The van der Waals surface area contributed by atoms with Crippen LogP contribution in [-0.2, 0) is 27.5 Å². The fourth-order valence-corrected chi connectivity index (χ4v) is 3.07. The number of alkyl halides is 3. The smallest absolute Gasteiger partial charge is 0.326 e. The van der Waals surface area contributed by atoms with Crippen molar-refractivity contribution in [3.05, 3.63) is 52.4 Å². The van der Waals surface area contributed by atoms with Gasteiger partial charge in [0.2, 0.25) is 15.9 Å². The predicted molar refractivity (Wildman–Crippen MR) is 89.4 cm³/mol. The van der Waals surface area contributed by atoms with Crippen molar-refractivity contribution in [1.82, 2.24) is 14.5 Å². The standard InChI is InChI=1S/C15H15F3N4O4S/c1-10(23)20-11-2-4-12(5-3-11)27(25,26)19-8-9-22-14(24)7-6-13(21-22)15(16,17)18/h2-7,19H,8-9H2,1H3,(H,20,23). The first-order valence-corrected chi connectivity index (χ1v) is 9.00. The van der Waals surface area contributed by atoms with E-state index in [1.54, 1.807) is 0 Å². The summed E-state index contributed by atoms with van der Waals surface area (Å²) in [6.45, 7) is 0.575. The minimum absolute atomic E-state index is 0.110. The van der Waals surface area contributed by atoms with Crippen LogP contribution in [0.3, 0.4) is 0 Å². The lowest BCUT2D eigenvalue weighted by Crippen LogP contribution is -2.33. The molecular weight excluding hydrogens is 389 g/mol. The second-order valence-electron chi connectivity index (χ2n) is 5.38. The number of rotatable bonds is 6. The van der Waals surface area contributed by atoms with Crippen LogP contribution in [-0.4, -0.2) is 30.7 Å². The number of carbonyl (C=O) groups is 1. The number of nitrogens with zero attached hydrogens (tertiary/aromatic N) is 2. The fraction of sp³-hybridized carbons (Fsp3) is 0.267. The summed E-state index contributed by atoms with van der Waals surface area (Å²) in [5.41, 5.74) is -1.64. The Kier molecular flexibility index (Phi) is 6.01. The molecule has 0 aliphatic rings. The van der Waals surface area contributed by atoms with Gasteiger partial charge < -0.3 is 5.32 Å². The van der Waals surface area contributed by atoms with Crippen molar-refractivity contribution in [1.29, 1.82) is 0 Å². The maximum Gasteiger partial charge on any atom is 0.435 e. The van der Waals surface area contributed by atoms with Gasteiger partial charge in [0.1, 0.15) is 0 Å². The third-order valence-corrected chi connectivity index (χ3v) is 4.73. The number of amides is 1. The molecule has 0 aliphatic heterocycles. The van der Waals surface area contributed by atoms with E-state index in [-0.39, 0.29) is 23.9 Å². The van der Waals surface area contributed by atoms with Crippen molar-refractivity contribution < 1.29 is 26.4 Å². The second kappa shape index (κ2) is 7.88. The predicted octanol–water partition coefficient (Wildman–Crippen LogP) is 1.20. The molecule has 1 aromatic heterocycles. The first-order chi connectivity index (χ1) is 12.5. The Morgan fingerprint density at radius 3 is 2.33 bits per heavy atom. The molecule has 0 saturated carbocycles. The van der Waals surface area contributed by atoms with Gasteiger partial charge in [-0.25, -0.2) is 17.8 Å². The lowest BCUT2D eigenvalue weighted by molar-refractivity contribution is -0.142. The molecule has 146 valence electrons. The molecule has 0 aliphatic carbocycles. The van der Waals surface area contributed by atoms with Crippen LogP contribution in [0.25, 0.3) is 0 Å². The minimum Gasteiger partial charge on any atom is -0.326 e. The SMILES string of the molecule is CC(=O)Nc1ccc(S(=O)(=O)NCCn2nc(C(F)(F)F)ccc2=O)cc1. The molecular formula is C15H15F3N4O4S. The largest absolute Gasteiger partial charge is 0.435 e. The number of anilines is 1. The molecule has 2 N–H and O–H groups in total. The van der Waals surface area contributed by atoms with E-state index in [0.717, 1.165) is 0 Å². The van der Waals surface area contributed by atoms with Crippen LogP contribution in [0.15, 0.2) is 46.1 Å². The van der Waals surface area contributed by atoms with Gasteiger partial charge in [-0.3, -0.25) is 9.59 Å². The molecule has 0 radical (unpaired) electrons. The van der Waals surface area contributed by atoms with Gasteiger partial charge in [-0.2, -0.15) is 18.3 Å². The summed E-state index contributed by atoms with van der Waals surface area (Å²) in [5, 5.41) is 5.66. The number of nitrogens with one attached hydrogen (secondary N) is 2. The Morgan fingerprint density at radius 2 is 1.78 bits per heavy atom. The Bertz CT molecular complexity index is 985. The zero-order valence-electron chi connectivity index (χ0n) is 13.9. The highest BCUT2D eigenvalue weighted by atomic mass is 32.2. The Morgan fingerprint density at radius 1 is 1.15 bits per heavy atom. The summed E-state index contributed by atoms with van der Waals surface area (Å²) in [6, 6.07) is 6.54. The van der Waals surface area contributed by atoms with Gasteiger partial charge in [-0.05, 0) is 30.3 Å². The van der Waals surface area contributed by atoms with Gasteiger partial charge in [-0.1, -0.05) is 0 Å². The highest BCUT2D eigenvalue weighted by Crippen LogP contribution is 2.26. The molecule has 0 atom stereocenters. The number of hydrogen-bond acceptors (Lipinski definition) is 5. The molecule has 0 unspecified atom stereocenters. The minimum atomic E-state index is -4.72. The van der Waals surface area contributed by atoms with Crippen molar-refractivity contribution in [2.45, 2.75) is 24.5 Å². The van der Waals surface area contributed by atoms with E-state index in [1.807, 2.05) is 0 Å². The van der Waals surface area contributed by atoms with E-state index < -0.39 is 27.5 Å². The van der Waals surface area contributed by atoms with Gasteiger partial charge in [0.05, 0.1) is 11.4 Å². The monoisotopic (exact) mass is 404 g/mol. The number of hydrogen-bond donors (Lipinski definition) is 2. The Labute approximate surface area is 152 Å². The lowest BCUT2D eigenvalue weighted by Gasteiger charge is -2.10. The van der Waals surface area contributed by atoms with Gasteiger partial charge in [0.25, 0.3) is 5.56 Å². The normalized spacial score (nSPS) is 12.0. The number of carbonyl (C=O) groups excluding carboxylic acids is 1. The van der Waals surface area contributed by atoms with E-state index in [9.17, 15) is 31.2 Å². The van der Waals surface area contributed by atoms with Crippen LogP contribution < -0.4 is 15.6 Å². The van der Waals surface area contributed by atoms with Crippen LogP contribution in [0.4, 0.5) is 18.9 Å². The van der Waals surface area contributed by atoms with Crippen LogP contribution in [0.5, 0.6) is 0 Å². The number of halogens is 3. The van der Waals surface area contributed by atoms with Gasteiger partial charge in [0.15, 0.2) is 5.69 Å². The fourth-order valence-electron chi connectivity index (χ4n) is 2.05. The van der Waals surface area contributed by atoms with Crippen molar-refractivity contribution in [3.8, 4) is 0 Å². The number of aromatic nitrogens is 2. The van der Waals surface area contributed by atoms with E-state index >= 15 is 0 Å². The molecule has 1 heterocycles. The van der Waals surface area contributed by atoms with Gasteiger partial charge >= 0.3 is 6.18 Å². The van der Waals surface area contributed by atoms with E-state index in [0.29, 0.717) is 22.5 Å². The first kappa shape index (κ1) is 20.6. The Hall–Kier alpha value is -2.73. The maximum absolute atomic E-state index is 12.6. The van der Waals surface area contributed by atoms with E-state index in [1.165, 1.54) is 31.2 Å². The third kappa shape index (κ3) is 5.62. The molecule has 2 aromatic rings. The summed E-state index contributed by atoms with van der Waals surface area (Å²) in [6.07, 6.45) is -4.72. The quantitative estimate of drug-likeness (QED) is 0.752. The van der Waals surface area contributed by atoms with Crippen molar-refractivity contribution in [2.75, 3.05) is 11.9 Å². The van der Waals surface area contributed by atoms with Crippen LogP contribution in [0.1, 0.15) is 12.6 Å². The average Bonchev–Trinajstić information content (AvgIpc) is 2.55. The van der Waals surface area contributed by atoms with Crippen molar-refractivity contribution in [2.24, 2.45) is 0 Å². The molecule has 1 aromatic carbocycles. The van der Waals surface area contributed by atoms with Gasteiger partial charge in [0, 0.05) is 25.2 Å².